The van der Waals surface area contributed by atoms with Gasteiger partial charge in [-0.15, -0.1) is 12.4 Å². The fourth-order valence-electron chi connectivity index (χ4n) is 5.21. The second-order valence-corrected chi connectivity index (χ2v) is 9.50. The predicted molar refractivity (Wildman–Crippen MR) is 135 cm³/mol. The number of hydrogen-bond acceptors (Lipinski definition) is 4. The molecule has 2 aromatic carbocycles. The molecular formula is C27H34ClF3N2O3. The summed E-state index contributed by atoms with van der Waals surface area (Å²) in [5, 5.41) is 0. The standard InChI is InChI=1S/C27H33F3N2O3.ClH/c1-34-24-14-21-9-12-32(26(33)16-22(21)15-25(24)35-2)18-20-6-4-10-31(17-20)11-8-19-5-3-7-23(13-19)27(28,29)30;/h3,5,7,13-15,20H,4,6,8-12,16-18H2,1-2H3;1H. The van der Waals surface area contributed by atoms with E-state index < -0.39 is 11.7 Å². The zero-order valence-corrected chi connectivity index (χ0v) is 21.6. The normalized spacial score (nSPS) is 18.8. The second kappa shape index (κ2) is 12.2. The van der Waals surface area contributed by atoms with Gasteiger partial charge in [0.25, 0.3) is 0 Å². The Balaban J connectivity index is 0.00000361. The van der Waals surface area contributed by atoms with E-state index >= 15 is 0 Å². The highest BCUT2D eigenvalue weighted by Crippen LogP contribution is 2.33. The van der Waals surface area contributed by atoms with Crippen LogP contribution in [-0.2, 0) is 30.2 Å². The number of carbonyl (C=O) groups is 1. The third kappa shape index (κ3) is 6.85. The van der Waals surface area contributed by atoms with Gasteiger partial charge in [-0.05, 0) is 73.0 Å². The Morgan fingerprint density at radius 1 is 1.03 bits per heavy atom. The molecule has 2 heterocycles. The van der Waals surface area contributed by atoms with Gasteiger partial charge in [0.05, 0.1) is 26.2 Å². The molecule has 1 amide bonds. The molecule has 1 fully saturated rings. The number of likely N-dealkylation sites (tertiary alicyclic amines) is 1. The third-order valence-corrected chi connectivity index (χ3v) is 7.10. The Bertz CT molecular complexity index is 1050. The van der Waals surface area contributed by atoms with Crippen molar-refractivity contribution in [1.29, 1.82) is 0 Å². The average Bonchev–Trinajstić information content (AvgIpc) is 2.99. The van der Waals surface area contributed by atoms with E-state index in [1.54, 1.807) is 20.3 Å². The number of amides is 1. The van der Waals surface area contributed by atoms with E-state index in [1.165, 1.54) is 12.1 Å². The van der Waals surface area contributed by atoms with Crippen LogP contribution in [0.5, 0.6) is 11.5 Å². The largest absolute Gasteiger partial charge is 0.493 e. The average molecular weight is 527 g/mol. The van der Waals surface area contributed by atoms with E-state index in [9.17, 15) is 18.0 Å². The monoisotopic (exact) mass is 526 g/mol. The van der Waals surface area contributed by atoms with Crippen molar-refractivity contribution in [2.75, 3.05) is 46.9 Å². The van der Waals surface area contributed by atoms with E-state index in [-0.39, 0.29) is 18.3 Å². The van der Waals surface area contributed by atoms with Crippen LogP contribution in [0.15, 0.2) is 36.4 Å². The number of nitrogens with zero attached hydrogens (tertiary/aromatic N) is 2. The molecule has 0 saturated carbocycles. The predicted octanol–water partition coefficient (Wildman–Crippen LogP) is 5.03. The summed E-state index contributed by atoms with van der Waals surface area (Å²) in [5.41, 5.74) is 2.21. The zero-order chi connectivity index (χ0) is 25.0. The van der Waals surface area contributed by atoms with Crippen molar-refractivity contribution in [1.82, 2.24) is 9.80 Å². The van der Waals surface area contributed by atoms with Gasteiger partial charge in [-0.3, -0.25) is 4.79 Å². The fourth-order valence-corrected chi connectivity index (χ4v) is 5.21. The summed E-state index contributed by atoms with van der Waals surface area (Å²) in [4.78, 5) is 17.4. The van der Waals surface area contributed by atoms with Crippen molar-refractivity contribution in [3.63, 3.8) is 0 Å². The van der Waals surface area contributed by atoms with Crippen LogP contribution in [0.4, 0.5) is 13.2 Å². The highest BCUT2D eigenvalue weighted by Gasteiger charge is 2.31. The lowest BCUT2D eigenvalue weighted by atomic mass is 9.96. The van der Waals surface area contributed by atoms with Gasteiger partial charge >= 0.3 is 6.18 Å². The van der Waals surface area contributed by atoms with Gasteiger partial charge in [0.1, 0.15) is 0 Å². The molecule has 0 aromatic heterocycles. The lowest BCUT2D eigenvalue weighted by Crippen LogP contribution is -2.44. The van der Waals surface area contributed by atoms with E-state index in [0.717, 1.165) is 56.1 Å². The third-order valence-electron chi connectivity index (χ3n) is 7.10. The summed E-state index contributed by atoms with van der Waals surface area (Å²) in [6, 6.07) is 9.48. The van der Waals surface area contributed by atoms with Crippen molar-refractivity contribution in [2.45, 2.75) is 38.3 Å². The molecule has 1 unspecified atom stereocenters. The summed E-state index contributed by atoms with van der Waals surface area (Å²) in [5.74, 6) is 1.79. The van der Waals surface area contributed by atoms with Crippen LogP contribution in [0.1, 0.15) is 35.1 Å². The maximum atomic E-state index is 13.1. The number of ether oxygens (including phenoxy) is 2. The topological polar surface area (TPSA) is 42.0 Å². The number of benzene rings is 2. The Morgan fingerprint density at radius 2 is 1.75 bits per heavy atom. The summed E-state index contributed by atoms with van der Waals surface area (Å²) in [6.07, 6.45) is -0.530. The minimum Gasteiger partial charge on any atom is -0.493 e. The minimum absolute atomic E-state index is 0. The summed E-state index contributed by atoms with van der Waals surface area (Å²) in [6.45, 7) is 3.89. The molecule has 5 nitrogen and oxygen atoms in total. The summed E-state index contributed by atoms with van der Waals surface area (Å²) < 4.78 is 49.8. The lowest BCUT2D eigenvalue weighted by Gasteiger charge is -2.35. The molecule has 36 heavy (non-hydrogen) atoms. The molecule has 2 aromatic rings. The molecule has 9 heteroatoms. The van der Waals surface area contributed by atoms with Crippen LogP contribution >= 0.6 is 12.4 Å². The molecule has 2 aliphatic rings. The zero-order valence-electron chi connectivity index (χ0n) is 20.8. The van der Waals surface area contributed by atoms with E-state index in [0.29, 0.717) is 48.9 Å². The molecule has 0 spiro atoms. The summed E-state index contributed by atoms with van der Waals surface area (Å²) in [7, 11) is 3.21. The fraction of sp³-hybridized carbons (Fsp3) is 0.519. The van der Waals surface area contributed by atoms with Crippen molar-refractivity contribution in [2.24, 2.45) is 5.92 Å². The SMILES string of the molecule is COc1cc2c(cc1OC)CC(=O)N(CC1CCCN(CCc3cccc(C(F)(F)F)c3)C1)CC2.Cl. The first kappa shape index (κ1) is 28.1. The Hall–Kier alpha value is -2.45. The van der Waals surface area contributed by atoms with Crippen LogP contribution in [0, 0.1) is 5.92 Å². The highest BCUT2D eigenvalue weighted by atomic mass is 35.5. The number of alkyl halides is 3. The van der Waals surface area contributed by atoms with Gasteiger partial charge in [0, 0.05) is 26.2 Å². The number of fused-ring (bicyclic) bond motifs is 1. The first-order valence-electron chi connectivity index (χ1n) is 12.2. The van der Waals surface area contributed by atoms with Crippen molar-refractivity contribution in [3.05, 3.63) is 58.7 Å². The first-order chi connectivity index (χ1) is 16.8. The van der Waals surface area contributed by atoms with Crippen molar-refractivity contribution < 1.29 is 27.4 Å². The number of halogens is 4. The molecule has 0 aliphatic carbocycles. The molecule has 1 atom stereocenters. The number of carbonyl (C=O) groups excluding carboxylic acids is 1. The lowest BCUT2D eigenvalue weighted by molar-refractivity contribution is -0.137. The molecule has 1 saturated heterocycles. The van der Waals surface area contributed by atoms with Gasteiger partial charge in [0.2, 0.25) is 5.91 Å². The number of piperidine rings is 1. The highest BCUT2D eigenvalue weighted by molar-refractivity contribution is 5.85. The second-order valence-electron chi connectivity index (χ2n) is 9.50. The quantitative estimate of drug-likeness (QED) is 0.508. The van der Waals surface area contributed by atoms with Gasteiger partial charge in [-0.25, -0.2) is 0 Å². The Morgan fingerprint density at radius 3 is 2.44 bits per heavy atom. The smallest absolute Gasteiger partial charge is 0.416 e. The van der Waals surface area contributed by atoms with Crippen LogP contribution in [0.25, 0.3) is 0 Å². The molecular weight excluding hydrogens is 493 g/mol. The molecule has 2 aliphatic heterocycles. The molecule has 0 radical (unpaired) electrons. The van der Waals surface area contributed by atoms with E-state index in [1.807, 2.05) is 17.0 Å². The Kier molecular flexibility index (Phi) is 9.53. The molecule has 4 rings (SSSR count). The molecule has 198 valence electrons. The van der Waals surface area contributed by atoms with Gasteiger partial charge in [-0.1, -0.05) is 18.2 Å². The van der Waals surface area contributed by atoms with Crippen LogP contribution in [-0.4, -0.2) is 62.7 Å². The van der Waals surface area contributed by atoms with Crippen LogP contribution in [0.2, 0.25) is 0 Å². The maximum Gasteiger partial charge on any atom is 0.416 e. The van der Waals surface area contributed by atoms with Crippen LogP contribution < -0.4 is 9.47 Å². The number of hydrogen-bond donors (Lipinski definition) is 0. The summed E-state index contributed by atoms with van der Waals surface area (Å²) >= 11 is 0. The van der Waals surface area contributed by atoms with Gasteiger partial charge < -0.3 is 19.3 Å². The first-order valence-corrected chi connectivity index (χ1v) is 12.2. The van der Waals surface area contributed by atoms with E-state index in [4.69, 9.17) is 9.47 Å². The minimum atomic E-state index is -4.32. The number of rotatable bonds is 7. The van der Waals surface area contributed by atoms with E-state index in [2.05, 4.69) is 4.90 Å². The Labute approximate surface area is 217 Å². The van der Waals surface area contributed by atoms with Gasteiger partial charge in [-0.2, -0.15) is 13.2 Å². The molecule has 0 N–H and O–H groups in total. The van der Waals surface area contributed by atoms with Crippen LogP contribution in [0.3, 0.4) is 0 Å². The van der Waals surface area contributed by atoms with Gasteiger partial charge in [0.15, 0.2) is 11.5 Å². The molecule has 0 bridgehead atoms. The maximum absolute atomic E-state index is 13.1. The van der Waals surface area contributed by atoms with Crippen molar-refractivity contribution in [3.8, 4) is 11.5 Å². The number of methoxy groups -OCH3 is 2. The van der Waals surface area contributed by atoms with Crippen molar-refractivity contribution >= 4 is 18.3 Å².